The number of anilines is 1. The minimum Gasteiger partial charge on any atom is -0.462 e. The van der Waals surface area contributed by atoms with Crippen LogP contribution in [0, 0.1) is 0 Å². The second-order valence-electron chi connectivity index (χ2n) is 6.67. The first kappa shape index (κ1) is 20.3. The molecule has 2 aromatic rings. The zero-order valence-electron chi connectivity index (χ0n) is 16.1. The molecule has 0 unspecified atom stereocenters. The second-order valence-corrected chi connectivity index (χ2v) is 6.67. The maximum atomic E-state index is 12.3. The van der Waals surface area contributed by atoms with Crippen LogP contribution in [0.25, 0.3) is 0 Å². The summed E-state index contributed by atoms with van der Waals surface area (Å²) in [6, 6.07) is 13.0. The van der Waals surface area contributed by atoms with E-state index in [0.29, 0.717) is 29.0 Å². The number of imide groups is 1. The number of rotatable bonds is 8. The average molecular weight is 394 g/mol. The lowest BCUT2D eigenvalue weighted by atomic mass is 10.1. The molecule has 0 spiro atoms. The van der Waals surface area contributed by atoms with Gasteiger partial charge in [0.2, 0.25) is 5.91 Å². The molecule has 1 aliphatic heterocycles. The molecular formula is C22H22N2O5. The van der Waals surface area contributed by atoms with Gasteiger partial charge in [-0.2, -0.15) is 0 Å². The summed E-state index contributed by atoms with van der Waals surface area (Å²) in [5.41, 5.74) is 1.64. The third-order valence-electron chi connectivity index (χ3n) is 4.58. The van der Waals surface area contributed by atoms with Gasteiger partial charge in [0.15, 0.2) is 0 Å². The summed E-state index contributed by atoms with van der Waals surface area (Å²) in [4.78, 5) is 49.8. The fraction of sp³-hybridized carbons (Fsp3) is 0.273. The molecule has 150 valence electrons. The van der Waals surface area contributed by atoms with Crippen LogP contribution in [0.15, 0.2) is 48.5 Å². The molecule has 0 saturated carbocycles. The standard InChI is InChI=1S/C22H22N2O5/c1-2-3-14-29-22(28)15-8-10-16(11-9-15)23-19(25)12-13-24-20(26)17-6-4-5-7-18(17)21(24)27/h4-11H,2-3,12-14H2,1H3,(H,23,25). The molecule has 3 rings (SSSR count). The summed E-state index contributed by atoms with van der Waals surface area (Å²) in [6.07, 6.45) is 1.73. The fourth-order valence-corrected chi connectivity index (χ4v) is 2.96. The van der Waals surface area contributed by atoms with Gasteiger partial charge in [0.1, 0.15) is 0 Å². The Bertz CT molecular complexity index is 901. The molecule has 2 aromatic carbocycles. The first-order chi connectivity index (χ1) is 14.0. The molecule has 3 amide bonds. The number of unbranched alkanes of at least 4 members (excludes halogenated alkanes) is 1. The number of carbonyl (C=O) groups excluding carboxylic acids is 4. The van der Waals surface area contributed by atoms with Crippen molar-refractivity contribution >= 4 is 29.4 Å². The minimum absolute atomic E-state index is 0.0000179. The van der Waals surface area contributed by atoms with Crippen molar-refractivity contribution in [2.45, 2.75) is 26.2 Å². The number of benzene rings is 2. The summed E-state index contributed by atoms with van der Waals surface area (Å²) in [5.74, 6) is -1.50. The van der Waals surface area contributed by atoms with E-state index in [-0.39, 0.29) is 30.7 Å². The van der Waals surface area contributed by atoms with Crippen molar-refractivity contribution in [1.29, 1.82) is 0 Å². The largest absolute Gasteiger partial charge is 0.462 e. The van der Waals surface area contributed by atoms with Crippen LogP contribution in [0.1, 0.15) is 57.3 Å². The van der Waals surface area contributed by atoms with E-state index >= 15 is 0 Å². The fourth-order valence-electron chi connectivity index (χ4n) is 2.96. The first-order valence-electron chi connectivity index (χ1n) is 9.53. The van der Waals surface area contributed by atoms with Crippen molar-refractivity contribution in [2.75, 3.05) is 18.5 Å². The van der Waals surface area contributed by atoms with Crippen molar-refractivity contribution in [1.82, 2.24) is 4.90 Å². The molecule has 0 saturated heterocycles. The molecule has 1 heterocycles. The Morgan fingerprint density at radius 1 is 0.966 bits per heavy atom. The number of nitrogens with zero attached hydrogens (tertiary/aromatic N) is 1. The second kappa shape index (κ2) is 9.14. The molecule has 1 aliphatic rings. The van der Waals surface area contributed by atoms with Gasteiger partial charge in [-0.05, 0) is 42.8 Å². The van der Waals surface area contributed by atoms with E-state index in [1.807, 2.05) is 6.92 Å². The molecule has 0 radical (unpaired) electrons. The van der Waals surface area contributed by atoms with E-state index in [4.69, 9.17) is 4.74 Å². The quantitative estimate of drug-likeness (QED) is 0.421. The zero-order valence-corrected chi connectivity index (χ0v) is 16.1. The predicted octanol–water partition coefficient (Wildman–Crippen LogP) is 3.27. The Hall–Kier alpha value is -3.48. The molecule has 1 N–H and O–H groups in total. The molecule has 7 heteroatoms. The number of amides is 3. The van der Waals surface area contributed by atoms with Crippen molar-refractivity contribution in [3.63, 3.8) is 0 Å². The topological polar surface area (TPSA) is 92.8 Å². The van der Waals surface area contributed by atoms with Crippen LogP contribution >= 0.6 is 0 Å². The lowest BCUT2D eigenvalue weighted by molar-refractivity contribution is -0.116. The van der Waals surface area contributed by atoms with Gasteiger partial charge in [-0.3, -0.25) is 19.3 Å². The van der Waals surface area contributed by atoms with Gasteiger partial charge in [0.25, 0.3) is 11.8 Å². The molecule has 29 heavy (non-hydrogen) atoms. The van der Waals surface area contributed by atoms with Crippen LogP contribution < -0.4 is 5.32 Å². The third kappa shape index (κ3) is 4.68. The predicted molar refractivity (Wildman–Crippen MR) is 107 cm³/mol. The number of ether oxygens (including phenoxy) is 1. The highest BCUT2D eigenvalue weighted by molar-refractivity contribution is 6.21. The number of esters is 1. The highest BCUT2D eigenvalue weighted by Crippen LogP contribution is 2.22. The van der Waals surface area contributed by atoms with Gasteiger partial charge in [0.05, 0.1) is 23.3 Å². The maximum Gasteiger partial charge on any atom is 0.338 e. The summed E-state index contributed by atoms with van der Waals surface area (Å²) in [6.45, 7) is 2.39. The first-order valence-corrected chi connectivity index (χ1v) is 9.53. The average Bonchev–Trinajstić information content (AvgIpc) is 2.97. The lowest BCUT2D eigenvalue weighted by Crippen LogP contribution is -2.32. The third-order valence-corrected chi connectivity index (χ3v) is 4.58. The normalized spacial score (nSPS) is 12.7. The van der Waals surface area contributed by atoms with Crippen LogP contribution in [0.2, 0.25) is 0 Å². The number of nitrogens with one attached hydrogen (secondary N) is 1. The molecule has 7 nitrogen and oxygen atoms in total. The van der Waals surface area contributed by atoms with E-state index in [9.17, 15) is 19.2 Å². The Balaban J connectivity index is 1.51. The Kier molecular flexibility index (Phi) is 6.39. The van der Waals surface area contributed by atoms with Gasteiger partial charge < -0.3 is 10.1 Å². The van der Waals surface area contributed by atoms with Crippen molar-refractivity contribution < 1.29 is 23.9 Å². The smallest absolute Gasteiger partial charge is 0.338 e. The van der Waals surface area contributed by atoms with Gasteiger partial charge in [0, 0.05) is 18.7 Å². The molecule has 0 aliphatic carbocycles. The van der Waals surface area contributed by atoms with Gasteiger partial charge in [-0.25, -0.2) is 4.79 Å². The van der Waals surface area contributed by atoms with E-state index in [2.05, 4.69) is 5.32 Å². The number of fused-ring (bicyclic) bond motifs is 1. The van der Waals surface area contributed by atoms with Crippen LogP contribution in [-0.2, 0) is 9.53 Å². The summed E-state index contributed by atoms with van der Waals surface area (Å²) in [5, 5.41) is 2.69. The Morgan fingerprint density at radius 3 is 2.17 bits per heavy atom. The highest BCUT2D eigenvalue weighted by Gasteiger charge is 2.34. The van der Waals surface area contributed by atoms with Crippen LogP contribution in [0.4, 0.5) is 5.69 Å². The molecule has 0 atom stereocenters. The monoisotopic (exact) mass is 394 g/mol. The van der Waals surface area contributed by atoms with Crippen molar-refractivity contribution in [2.24, 2.45) is 0 Å². The van der Waals surface area contributed by atoms with Crippen LogP contribution in [-0.4, -0.2) is 41.7 Å². The Labute approximate surface area is 168 Å². The van der Waals surface area contributed by atoms with Gasteiger partial charge >= 0.3 is 5.97 Å². The molecule has 0 bridgehead atoms. The van der Waals surface area contributed by atoms with E-state index in [0.717, 1.165) is 17.7 Å². The van der Waals surface area contributed by atoms with Crippen LogP contribution in [0.5, 0.6) is 0 Å². The molecular weight excluding hydrogens is 372 g/mol. The molecule has 0 fully saturated rings. The summed E-state index contributed by atoms with van der Waals surface area (Å²) < 4.78 is 5.14. The maximum absolute atomic E-state index is 12.3. The SMILES string of the molecule is CCCCOC(=O)c1ccc(NC(=O)CCN2C(=O)c3ccccc3C2=O)cc1. The highest BCUT2D eigenvalue weighted by atomic mass is 16.5. The number of hydrogen-bond acceptors (Lipinski definition) is 5. The van der Waals surface area contributed by atoms with E-state index in [1.54, 1.807) is 48.5 Å². The number of carbonyl (C=O) groups is 4. The lowest BCUT2D eigenvalue weighted by Gasteiger charge is -2.13. The summed E-state index contributed by atoms with van der Waals surface area (Å²) >= 11 is 0. The minimum atomic E-state index is -0.401. The van der Waals surface area contributed by atoms with Gasteiger partial charge in [-0.1, -0.05) is 25.5 Å². The number of hydrogen-bond donors (Lipinski definition) is 1. The summed E-state index contributed by atoms with van der Waals surface area (Å²) in [7, 11) is 0. The van der Waals surface area contributed by atoms with E-state index < -0.39 is 5.97 Å². The van der Waals surface area contributed by atoms with Crippen LogP contribution in [0.3, 0.4) is 0 Å². The Morgan fingerprint density at radius 2 is 1.59 bits per heavy atom. The molecule has 0 aromatic heterocycles. The van der Waals surface area contributed by atoms with Crippen molar-refractivity contribution in [3.8, 4) is 0 Å². The zero-order chi connectivity index (χ0) is 20.8. The van der Waals surface area contributed by atoms with E-state index in [1.165, 1.54) is 0 Å². The van der Waals surface area contributed by atoms with Gasteiger partial charge in [-0.15, -0.1) is 0 Å². The van der Waals surface area contributed by atoms with Crippen molar-refractivity contribution in [3.05, 3.63) is 65.2 Å².